The maximum atomic E-state index is 14.3. The van der Waals surface area contributed by atoms with Crippen LogP contribution in [0.4, 0.5) is 4.39 Å². The summed E-state index contributed by atoms with van der Waals surface area (Å²) in [6.07, 6.45) is 1.57. The number of nitrogens with one attached hydrogen (secondary N) is 1. The van der Waals surface area contributed by atoms with Gasteiger partial charge in [0, 0.05) is 6.54 Å². The molecule has 148 valence electrons. The predicted molar refractivity (Wildman–Crippen MR) is 106 cm³/mol. The van der Waals surface area contributed by atoms with Crippen molar-refractivity contribution in [3.05, 3.63) is 54.2 Å². The fourth-order valence-electron chi connectivity index (χ4n) is 2.69. The SMILES string of the molecule is CC(C)Cn1c(S[C@@H](C)C(=O)NCc2ccco2)nnc1-c1ccccc1F. The van der Waals surface area contributed by atoms with Gasteiger partial charge in [0.1, 0.15) is 11.6 Å². The molecule has 6 nitrogen and oxygen atoms in total. The summed E-state index contributed by atoms with van der Waals surface area (Å²) in [5, 5.41) is 11.5. The monoisotopic (exact) mass is 402 g/mol. The smallest absolute Gasteiger partial charge is 0.233 e. The lowest BCUT2D eigenvalue weighted by molar-refractivity contribution is -0.120. The van der Waals surface area contributed by atoms with Gasteiger partial charge < -0.3 is 14.3 Å². The van der Waals surface area contributed by atoms with Gasteiger partial charge in [-0.2, -0.15) is 0 Å². The van der Waals surface area contributed by atoms with Crippen molar-refractivity contribution in [3.63, 3.8) is 0 Å². The van der Waals surface area contributed by atoms with Gasteiger partial charge in [-0.15, -0.1) is 10.2 Å². The number of aromatic nitrogens is 3. The van der Waals surface area contributed by atoms with Crippen molar-refractivity contribution < 1.29 is 13.6 Å². The minimum atomic E-state index is -0.390. The van der Waals surface area contributed by atoms with Gasteiger partial charge in [0.2, 0.25) is 5.91 Å². The number of hydrogen-bond acceptors (Lipinski definition) is 5. The molecule has 0 fully saturated rings. The van der Waals surface area contributed by atoms with Crippen molar-refractivity contribution in [1.82, 2.24) is 20.1 Å². The molecule has 0 aliphatic rings. The van der Waals surface area contributed by atoms with E-state index >= 15 is 0 Å². The van der Waals surface area contributed by atoms with E-state index < -0.39 is 5.25 Å². The number of rotatable bonds is 8. The van der Waals surface area contributed by atoms with Crippen LogP contribution in [0, 0.1) is 11.7 Å². The van der Waals surface area contributed by atoms with E-state index in [2.05, 4.69) is 29.4 Å². The number of nitrogens with zero attached hydrogens (tertiary/aromatic N) is 3. The first-order valence-electron chi connectivity index (χ1n) is 9.10. The lowest BCUT2D eigenvalue weighted by Crippen LogP contribution is -2.30. The summed E-state index contributed by atoms with van der Waals surface area (Å²) in [5.74, 6) is 0.991. The molecule has 0 spiro atoms. The zero-order chi connectivity index (χ0) is 20.1. The Labute approximate surface area is 167 Å². The molecule has 2 heterocycles. The maximum absolute atomic E-state index is 14.3. The Kier molecular flexibility index (Phi) is 6.51. The minimum absolute atomic E-state index is 0.132. The van der Waals surface area contributed by atoms with Gasteiger partial charge in [-0.1, -0.05) is 37.7 Å². The van der Waals surface area contributed by atoms with Crippen LogP contribution in [0.3, 0.4) is 0 Å². The van der Waals surface area contributed by atoms with Gasteiger partial charge in [0.05, 0.1) is 23.6 Å². The summed E-state index contributed by atoms with van der Waals surface area (Å²) < 4.78 is 21.4. The first kappa shape index (κ1) is 20.1. The van der Waals surface area contributed by atoms with E-state index in [0.717, 1.165) is 0 Å². The molecule has 1 N–H and O–H groups in total. The van der Waals surface area contributed by atoms with E-state index in [4.69, 9.17) is 4.42 Å². The number of hydrogen-bond donors (Lipinski definition) is 1. The lowest BCUT2D eigenvalue weighted by atomic mass is 10.2. The Morgan fingerprint density at radius 1 is 1.21 bits per heavy atom. The third-order valence-electron chi connectivity index (χ3n) is 4.05. The van der Waals surface area contributed by atoms with Crippen LogP contribution in [0.25, 0.3) is 11.4 Å². The molecule has 0 bridgehead atoms. The summed E-state index contributed by atoms with van der Waals surface area (Å²) in [5.41, 5.74) is 0.400. The molecule has 28 heavy (non-hydrogen) atoms. The van der Waals surface area contributed by atoms with Gasteiger partial charge >= 0.3 is 0 Å². The maximum Gasteiger partial charge on any atom is 0.233 e. The average Bonchev–Trinajstić information content (AvgIpc) is 3.30. The predicted octanol–water partition coefficient (Wildman–Crippen LogP) is 4.13. The van der Waals surface area contributed by atoms with Crippen molar-refractivity contribution in [1.29, 1.82) is 0 Å². The lowest BCUT2D eigenvalue weighted by Gasteiger charge is -2.15. The average molecular weight is 402 g/mol. The number of amides is 1. The molecule has 3 rings (SSSR count). The summed E-state index contributed by atoms with van der Waals surface area (Å²) in [4.78, 5) is 12.4. The fraction of sp³-hybridized carbons (Fsp3) is 0.350. The first-order valence-corrected chi connectivity index (χ1v) is 9.98. The van der Waals surface area contributed by atoms with Crippen molar-refractivity contribution in [2.75, 3.05) is 0 Å². The Bertz CT molecular complexity index is 924. The van der Waals surface area contributed by atoms with Crippen molar-refractivity contribution in [3.8, 4) is 11.4 Å². The number of benzene rings is 1. The highest BCUT2D eigenvalue weighted by molar-refractivity contribution is 8.00. The highest BCUT2D eigenvalue weighted by atomic mass is 32.2. The molecule has 0 saturated heterocycles. The molecule has 1 atom stereocenters. The Balaban J connectivity index is 1.77. The van der Waals surface area contributed by atoms with Crippen LogP contribution in [0.1, 0.15) is 26.5 Å². The van der Waals surface area contributed by atoms with Gasteiger partial charge in [-0.25, -0.2) is 4.39 Å². The normalized spacial score (nSPS) is 12.3. The summed E-state index contributed by atoms with van der Waals surface area (Å²) >= 11 is 1.30. The van der Waals surface area contributed by atoms with Crippen molar-refractivity contribution in [2.45, 2.75) is 44.3 Å². The third kappa shape index (κ3) is 4.81. The van der Waals surface area contributed by atoms with Crippen LogP contribution in [0.2, 0.25) is 0 Å². The van der Waals surface area contributed by atoms with E-state index in [1.165, 1.54) is 17.8 Å². The Morgan fingerprint density at radius 2 is 2.00 bits per heavy atom. The molecule has 8 heteroatoms. The van der Waals surface area contributed by atoms with Gasteiger partial charge in [0.15, 0.2) is 11.0 Å². The molecule has 0 unspecified atom stereocenters. The van der Waals surface area contributed by atoms with Gasteiger partial charge in [-0.3, -0.25) is 4.79 Å². The van der Waals surface area contributed by atoms with Crippen molar-refractivity contribution >= 4 is 17.7 Å². The van der Waals surface area contributed by atoms with E-state index in [1.54, 1.807) is 43.5 Å². The Hall–Kier alpha value is -2.61. The number of carbonyl (C=O) groups is 1. The van der Waals surface area contributed by atoms with E-state index in [1.807, 2.05) is 4.57 Å². The summed E-state index contributed by atoms with van der Waals surface area (Å²) in [6, 6.07) is 10.1. The van der Waals surface area contributed by atoms with Crippen molar-refractivity contribution in [2.24, 2.45) is 5.92 Å². The van der Waals surface area contributed by atoms with Crippen LogP contribution >= 0.6 is 11.8 Å². The van der Waals surface area contributed by atoms with Crippen LogP contribution in [-0.4, -0.2) is 25.9 Å². The van der Waals surface area contributed by atoms with Crippen LogP contribution in [0.15, 0.2) is 52.2 Å². The molecular formula is C20H23FN4O2S. The number of thioether (sulfide) groups is 1. The molecular weight excluding hydrogens is 379 g/mol. The van der Waals surface area contributed by atoms with E-state index in [9.17, 15) is 9.18 Å². The molecule has 0 saturated carbocycles. The van der Waals surface area contributed by atoms with Crippen LogP contribution in [0.5, 0.6) is 0 Å². The molecule has 0 aliphatic heterocycles. The molecule has 0 radical (unpaired) electrons. The van der Waals surface area contributed by atoms with Crippen LogP contribution < -0.4 is 5.32 Å². The fourth-order valence-corrected chi connectivity index (χ4v) is 3.57. The quantitative estimate of drug-likeness (QED) is 0.574. The first-order chi connectivity index (χ1) is 13.5. The summed E-state index contributed by atoms with van der Waals surface area (Å²) in [6.45, 7) is 6.90. The Morgan fingerprint density at radius 3 is 2.68 bits per heavy atom. The third-order valence-corrected chi connectivity index (χ3v) is 5.13. The standard InChI is InChI=1S/C20H23FN4O2S/c1-13(2)12-25-18(16-8-4-5-9-17(16)21)23-24-20(25)28-14(3)19(26)22-11-15-7-6-10-27-15/h4-10,13-14H,11-12H2,1-3H3,(H,22,26)/t14-/m0/s1. The molecule has 0 aliphatic carbocycles. The topological polar surface area (TPSA) is 73.0 Å². The van der Waals surface area contributed by atoms with Crippen LogP contribution in [-0.2, 0) is 17.9 Å². The second-order valence-electron chi connectivity index (χ2n) is 6.85. The number of carbonyl (C=O) groups excluding carboxylic acids is 1. The largest absolute Gasteiger partial charge is 0.467 e. The second-order valence-corrected chi connectivity index (χ2v) is 8.16. The zero-order valence-corrected chi connectivity index (χ0v) is 16.9. The highest BCUT2D eigenvalue weighted by Gasteiger charge is 2.22. The minimum Gasteiger partial charge on any atom is -0.467 e. The van der Waals surface area contributed by atoms with Gasteiger partial charge in [0.25, 0.3) is 0 Å². The number of furan rings is 1. The zero-order valence-electron chi connectivity index (χ0n) is 16.1. The highest BCUT2D eigenvalue weighted by Crippen LogP contribution is 2.29. The van der Waals surface area contributed by atoms with Gasteiger partial charge in [-0.05, 0) is 37.1 Å². The molecule has 2 aromatic heterocycles. The summed E-state index contributed by atoms with van der Waals surface area (Å²) in [7, 11) is 0. The van der Waals surface area contributed by atoms with E-state index in [-0.39, 0.29) is 11.7 Å². The molecule has 1 aromatic carbocycles. The second kappa shape index (κ2) is 9.05. The number of halogens is 1. The van der Waals surface area contributed by atoms with E-state index in [0.29, 0.717) is 41.3 Å². The molecule has 3 aromatic rings. The molecule has 1 amide bonds.